The molecule has 1 amide bonds. The summed E-state index contributed by atoms with van der Waals surface area (Å²) in [6.07, 6.45) is 0. The summed E-state index contributed by atoms with van der Waals surface area (Å²) in [6, 6.07) is 23.3. The van der Waals surface area contributed by atoms with Gasteiger partial charge in [0.15, 0.2) is 6.61 Å². The maximum atomic E-state index is 12.9. The maximum absolute atomic E-state index is 12.9. The molecular formula is C24H24N2O5S. The number of nitrogens with one attached hydrogen (secondary N) is 1. The summed E-state index contributed by atoms with van der Waals surface area (Å²) >= 11 is 0. The number of para-hydroxylation sites is 1. The van der Waals surface area contributed by atoms with Crippen LogP contribution in [0, 0.1) is 0 Å². The Morgan fingerprint density at radius 2 is 1.56 bits per heavy atom. The van der Waals surface area contributed by atoms with Gasteiger partial charge >= 0.3 is 5.97 Å². The van der Waals surface area contributed by atoms with E-state index in [2.05, 4.69) is 5.32 Å². The van der Waals surface area contributed by atoms with Crippen LogP contribution in [0.3, 0.4) is 0 Å². The molecule has 0 unspecified atom stereocenters. The van der Waals surface area contributed by atoms with Gasteiger partial charge in [-0.15, -0.1) is 0 Å². The summed E-state index contributed by atoms with van der Waals surface area (Å²) < 4.78 is 32.1. The molecule has 0 aliphatic heterocycles. The van der Waals surface area contributed by atoms with Crippen LogP contribution in [0.25, 0.3) is 0 Å². The van der Waals surface area contributed by atoms with Crippen LogP contribution >= 0.6 is 0 Å². The largest absolute Gasteiger partial charge is 0.452 e. The fourth-order valence-corrected chi connectivity index (χ4v) is 4.28. The Kier molecular flexibility index (Phi) is 7.27. The molecule has 1 atom stereocenters. The fraction of sp³-hybridized carbons (Fsp3) is 0.167. The normalized spacial score (nSPS) is 11.9. The van der Waals surface area contributed by atoms with E-state index in [0.717, 1.165) is 9.87 Å². The second kappa shape index (κ2) is 10.1. The molecular weight excluding hydrogens is 428 g/mol. The molecule has 0 bridgehead atoms. The third-order valence-corrected chi connectivity index (χ3v) is 6.64. The van der Waals surface area contributed by atoms with Crippen molar-refractivity contribution in [3.63, 3.8) is 0 Å². The second-order valence-corrected chi connectivity index (χ2v) is 9.08. The first-order valence-corrected chi connectivity index (χ1v) is 11.4. The van der Waals surface area contributed by atoms with E-state index in [0.29, 0.717) is 5.69 Å². The molecule has 3 aromatic rings. The number of sulfonamides is 1. The van der Waals surface area contributed by atoms with Crippen LogP contribution in [0.15, 0.2) is 89.8 Å². The summed E-state index contributed by atoms with van der Waals surface area (Å²) in [4.78, 5) is 24.5. The number of carbonyl (C=O) groups is 2. The third kappa shape index (κ3) is 5.53. The molecule has 166 valence electrons. The molecule has 0 spiro atoms. The number of benzene rings is 3. The van der Waals surface area contributed by atoms with Crippen molar-refractivity contribution in [2.45, 2.75) is 17.9 Å². The molecule has 3 rings (SSSR count). The topological polar surface area (TPSA) is 92.8 Å². The summed E-state index contributed by atoms with van der Waals surface area (Å²) in [7, 11) is -2.44. The van der Waals surface area contributed by atoms with Crippen LogP contribution in [-0.4, -0.2) is 33.9 Å². The van der Waals surface area contributed by atoms with Gasteiger partial charge in [0, 0.05) is 7.05 Å². The predicted octanol–water partition coefficient (Wildman–Crippen LogP) is 3.55. The van der Waals surface area contributed by atoms with Crippen LogP contribution in [0.5, 0.6) is 0 Å². The van der Waals surface area contributed by atoms with Crippen molar-refractivity contribution in [1.82, 2.24) is 5.32 Å². The Bertz CT molecular complexity index is 1180. The van der Waals surface area contributed by atoms with Gasteiger partial charge in [-0.2, -0.15) is 0 Å². The van der Waals surface area contributed by atoms with Crippen molar-refractivity contribution in [3.8, 4) is 0 Å². The van der Waals surface area contributed by atoms with Crippen molar-refractivity contribution in [1.29, 1.82) is 0 Å². The average Bonchev–Trinajstić information content (AvgIpc) is 2.83. The number of nitrogens with zero attached hydrogens (tertiary/aromatic N) is 1. The van der Waals surface area contributed by atoms with Gasteiger partial charge in [-0.1, -0.05) is 54.6 Å². The zero-order chi connectivity index (χ0) is 23.1. The minimum atomic E-state index is -3.88. The number of carbonyl (C=O) groups excluding carboxylic acids is 2. The Morgan fingerprint density at radius 1 is 0.938 bits per heavy atom. The van der Waals surface area contributed by atoms with Crippen molar-refractivity contribution >= 4 is 27.6 Å². The molecule has 8 heteroatoms. The number of hydrogen-bond donors (Lipinski definition) is 1. The number of anilines is 1. The number of amides is 1. The van der Waals surface area contributed by atoms with Gasteiger partial charge < -0.3 is 10.1 Å². The van der Waals surface area contributed by atoms with Gasteiger partial charge in [0.2, 0.25) is 0 Å². The van der Waals surface area contributed by atoms with E-state index < -0.39 is 28.5 Å². The van der Waals surface area contributed by atoms with Gasteiger partial charge in [0.05, 0.1) is 22.2 Å². The Hall–Kier alpha value is -3.65. The molecule has 0 saturated heterocycles. The molecule has 0 radical (unpaired) electrons. The first-order chi connectivity index (χ1) is 15.3. The van der Waals surface area contributed by atoms with E-state index in [1.807, 2.05) is 37.3 Å². The zero-order valence-corrected chi connectivity index (χ0v) is 18.6. The van der Waals surface area contributed by atoms with Gasteiger partial charge in [0.25, 0.3) is 15.9 Å². The third-order valence-electron chi connectivity index (χ3n) is 4.86. The van der Waals surface area contributed by atoms with Crippen molar-refractivity contribution < 1.29 is 22.7 Å². The number of hydrogen-bond acceptors (Lipinski definition) is 5. The maximum Gasteiger partial charge on any atom is 0.338 e. The summed E-state index contributed by atoms with van der Waals surface area (Å²) in [6.45, 7) is 1.35. The molecule has 3 aromatic carbocycles. The molecule has 0 aliphatic carbocycles. The minimum absolute atomic E-state index is 0.0384. The first kappa shape index (κ1) is 23.0. The Balaban J connectivity index is 1.64. The van der Waals surface area contributed by atoms with E-state index in [-0.39, 0.29) is 16.5 Å². The summed E-state index contributed by atoms with van der Waals surface area (Å²) in [5.41, 5.74) is 1.45. The smallest absolute Gasteiger partial charge is 0.338 e. The Labute approximate surface area is 187 Å². The lowest BCUT2D eigenvalue weighted by atomic mass is 10.1. The van der Waals surface area contributed by atoms with Gasteiger partial charge in [-0.05, 0) is 42.8 Å². The molecule has 0 aromatic heterocycles. The van der Waals surface area contributed by atoms with Gasteiger partial charge in [-0.25, -0.2) is 13.2 Å². The van der Waals surface area contributed by atoms with Crippen molar-refractivity contribution in [2.24, 2.45) is 0 Å². The molecule has 0 heterocycles. The average molecular weight is 453 g/mol. The Morgan fingerprint density at radius 3 is 2.22 bits per heavy atom. The highest BCUT2D eigenvalue weighted by Crippen LogP contribution is 2.22. The van der Waals surface area contributed by atoms with Gasteiger partial charge in [0.1, 0.15) is 0 Å². The van der Waals surface area contributed by atoms with Crippen LogP contribution in [-0.2, 0) is 19.6 Å². The quantitative estimate of drug-likeness (QED) is 0.528. The van der Waals surface area contributed by atoms with Crippen molar-refractivity contribution in [2.75, 3.05) is 18.0 Å². The highest BCUT2D eigenvalue weighted by molar-refractivity contribution is 7.92. The molecule has 32 heavy (non-hydrogen) atoms. The number of rotatable bonds is 8. The minimum Gasteiger partial charge on any atom is -0.452 e. The molecule has 0 fully saturated rings. The van der Waals surface area contributed by atoms with Crippen LogP contribution in [0.1, 0.15) is 28.9 Å². The van der Waals surface area contributed by atoms with E-state index >= 15 is 0 Å². The first-order valence-electron chi connectivity index (χ1n) is 9.94. The van der Waals surface area contributed by atoms with E-state index in [9.17, 15) is 18.0 Å². The lowest BCUT2D eigenvalue weighted by molar-refractivity contribution is -0.124. The fourth-order valence-electron chi connectivity index (χ4n) is 3.04. The van der Waals surface area contributed by atoms with Crippen LogP contribution < -0.4 is 9.62 Å². The van der Waals surface area contributed by atoms with E-state index in [1.165, 1.54) is 31.3 Å². The molecule has 1 N–H and O–H groups in total. The highest BCUT2D eigenvalue weighted by atomic mass is 32.2. The highest BCUT2D eigenvalue weighted by Gasteiger charge is 2.23. The molecule has 0 aliphatic rings. The lowest BCUT2D eigenvalue weighted by Gasteiger charge is -2.19. The standard InChI is InChI=1S/C24H24N2O5S/c1-18(19-10-5-3-6-11-19)25-23(27)17-31-24(28)20-12-9-15-22(16-20)32(29,30)26(2)21-13-7-4-8-14-21/h3-16,18H,17H2,1-2H3,(H,25,27)/t18-/m1/s1. The monoisotopic (exact) mass is 452 g/mol. The lowest BCUT2D eigenvalue weighted by Crippen LogP contribution is -2.31. The van der Waals surface area contributed by atoms with Gasteiger partial charge in [-0.3, -0.25) is 9.10 Å². The number of esters is 1. The van der Waals surface area contributed by atoms with Crippen molar-refractivity contribution in [3.05, 3.63) is 96.1 Å². The predicted molar refractivity (Wildman–Crippen MR) is 122 cm³/mol. The summed E-state index contributed by atoms with van der Waals surface area (Å²) in [5.74, 6) is -1.24. The zero-order valence-electron chi connectivity index (χ0n) is 17.8. The molecule has 7 nitrogen and oxygen atoms in total. The number of ether oxygens (including phenoxy) is 1. The second-order valence-electron chi connectivity index (χ2n) is 7.11. The van der Waals surface area contributed by atoms with Crippen LogP contribution in [0.4, 0.5) is 5.69 Å². The van der Waals surface area contributed by atoms with E-state index in [1.54, 1.807) is 30.3 Å². The van der Waals surface area contributed by atoms with E-state index in [4.69, 9.17) is 4.74 Å². The van der Waals surface area contributed by atoms with Crippen LogP contribution in [0.2, 0.25) is 0 Å². The SMILES string of the molecule is C[C@@H](NC(=O)COC(=O)c1cccc(S(=O)(=O)N(C)c2ccccc2)c1)c1ccccc1. The summed E-state index contributed by atoms with van der Waals surface area (Å²) in [5, 5.41) is 2.75. The molecule has 0 saturated carbocycles.